The minimum atomic E-state index is -0.686. The van der Waals surface area contributed by atoms with Crippen LogP contribution in [-0.4, -0.2) is 50.7 Å². The fraction of sp³-hybridized carbons (Fsp3) is 0.370. The van der Waals surface area contributed by atoms with Crippen molar-refractivity contribution < 1.29 is 19.0 Å². The Bertz CT molecular complexity index is 1520. The van der Waals surface area contributed by atoms with Crippen molar-refractivity contribution in [1.29, 1.82) is 0 Å². The number of amides is 1. The predicted molar refractivity (Wildman–Crippen MR) is 138 cm³/mol. The molecule has 1 amide bonds. The molecule has 2 fully saturated rings. The molecule has 1 spiro atoms. The number of benzene rings is 1. The van der Waals surface area contributed by atoms with E-state index in [2.05, 4.69) is 30.2 Å². The second-order valence-corrected chi connectivity index (χ2v) is 9.97. The molecule has 0 bridgehead atoms. The highest BCUT2D eigenvalue weighted by Crippen LogP contribution is 2.43. The molecule has 1 atom stereocenters. The normalized spacial score (nSPS) is 20.3. The van der Waals surface area contributed by atoms with E-state index in [1.54, 1.807) is 6.20 Å². The first kappa shape index (κ1) is 22.9. The van der Waals surface area contributed by atoms with Gasteiger partial charge in [0, 0.05) is 56.4 Å². The lowest BCUT2D eigenvalue weighted by Gasteiger charge is -2.44. The molecule has 1 unspecified atom stereocenters. The maximum Gasteiger partial charge on any atom is 0.413 e. The molecular weight excluding hydrogens is 486 g/mol. The van der Waals surface area contributed by atoms with Crippen LogP contribution in [0.2, 0.25) is 0 Å². The van der Waals surface area contributed by atoms with E-state index in [0.29, 0.717) is 43.4 Å². The van der Waals surface area contributed by atoms with Gasteiger partial charge in [0.2, 0.25) is 5.88 Å². The number of piperidine rings is 1. The molecule has 2 N–H and O–H groups in total. The first-order chi connectivity index (χ1) is 18.6. The third-order valence-corrected chi connectivity index (χ3v) is 7.56. The van der Waals surface area contributed by atoms with Crippen LogP contribution < -0.4 is 15.0 Å². The van der Waals surface area contributed by atoms with Crippen molar-refractivity contribution in [2.75, 3.05) is 29.9 Å². The number of aryl methyl sites for hydroxylation is 1. The predicted octanol–water partition coefficient (Wildman–Crippen LogP) is 4.76. The van der Waals surface area contributed by atoms with Crippen molar-refractivity contribution >= 4 is 28.8 Å². The highest BCUT2D eigenvalue weighted by Gasteiger charge is 2.45. The minimum Gasteiger partial charge on any atom is -0.439 e. The summed E-state index contributed by atoms with van der Waals surface area (Å²) in [5.74, 6) is 3.32. The average molecular weight is 514 g/mol. The van der Waals surface area contributed by atoms with Gasteiger partial charge < -0.3 is 24.1 Å². The van der Waals surface area contributed by atoms with E-state index in [9.17, 15) is 4.79 Å². The van der Waals surface area contributed by atoms with Gasteiger partial charge in [0.25, 0.3) is 0 Å². The number of hydrogen-bond acceptors (Lipinski definition) is 9. The number of pyridine rings is 1. The molecule has 1 aromatic carbocycles. The van der Waals surface area contributed by atoms with Crippen LogP contribution in [0.3, 0.4) is 0 Å². The summed E-state index contributed by atoms with van der Waals surface area (Å²) < 4.78 is 17.8. The third kappa shape index (κ3) is 3.99. The monoisotopic (exact) mass is 513 g/mol. The summed E-state index contributed by atoms with van der Waals surface area (Å²) in [6.07, 6.45) is 6.03. The number of aromatic amines is 1. The van der Waals surface area contributed by atoms with Crippen LogP contribution >= 0.6 is 0 Å². The number of imidazole rings is 1. The highest BCUT2D eigenvalue weighted by molar-refractivity contribution is 5.87. The van der Waals surface area contributed by atoms with Crippen molar-refractivity contribution in [2.24, 2.45) is 0 Å². The van der Waals surface area contributed by atoms with Gasteiger partial charge in [-0.05, 0) is 43.5 Å². The van der Waals surface area contributed by atoms with E-state index in [-0.39, 0.29) is 6.10 Å². The second-order valence-electron chi connectivity index (χ2n) is 9.97. The van der Waals surface area contributed by atoms with Crippen LogP contribution in [0.1, 0.15) is 48.7 Å². The number of aromatic nitrogens is 5. The summed E-state index contributed by atoms with van der Waals surface area (Å²) in [5, 5.41) is 2.70. The van der Waals surface area contributed by atoms with Gasteiger partial charge in [-0.25, -0.2) is 24.7 Å². The Morgan fingerprint density at radius 2 is 2.05 bits per heavy atom. The lowest BCUT2D eigenvalue weighted by molar-refractivity contribution is -0.00853. The molecule has 6 heterocycles. The summed E-state index contributed by atoms with van der Waals surface area (Å²) >= 11 is 0. The molecular formula is C27H27N7O4. The van der Waals surface area contributed by atoms with E-state index in [1.165, 1.54) is 6.33 Å². The Morgan fingerprint density at radius 1 is 1.16 bits per heavy atom. The van der Waals surface area contributed by atoms with Crippen molar-refractivity contribution in [3.05, 3.63) is 59.8 Å². The number of H-pyrrole nitrogens is 1. The van der Waals surface area contributed by atoms with E-state index < -0.39 is 11.7 Å². The van der Waals surface area contributed by atoms with Gasteiger partial charge in [-0.1, -0.05) is 0 Å². The van der Waals surface area contributed by atoms with Crippen molar-refractivity contribution in [1.82, 2.24) is 24.9 Å². The molecule has 3 aliphatic rings. The summed E-state index contributed by atoms with van der Waals surface area (Å²) in [4.78, 5) is 35.7. The van der Waals surface area contributed by atoms with Crippen LogP contribution in [-0.2, 0) is 15.1 Å². The number of nitrogens with one attached hydrogen (secondary N) is 2. The first-order valence-electron chi connectivity index (χ1n) is 12.9. The Morgan fingerprint density at radius 3 is 2.89 bits per heavy atom. The Labute approximate surface area is 218 Å². The molecule has 7 rings (SSSR count). The van der Waals surface area contributed by atoms with Gasteiger partial charge in [0.05, 0.1) is 11.0 Å². The van der Waals surface area contributed by atoms with E-state index in [1.807, 2.05) is 37.3 Å². The largest absolute Gasteiger partial charge is 0.439 e. The van der Waals surface area contributed by atoms with Gasteiger partial charge in [0.1, 0.15) is 41.2 Å². The number of carbonyl (C=O) groups is 1. The number of hydrogen-bond donors (Lipinski definition) is 2. The molecule has 11 heteroatoms. The van der Waals surface area contributed by atoms with Gasteiger partial charge in [-0.3, -0.25) is 5.32 Å². The Kier molecular flexibility index (Phi) is 5.39. The summed E-state index contributed by atoms with van der Waals surface area (Å²) in [6, 6.07) is 9.58. The lowest BCUT2D eigenvalue weighted by Crippen LogP contribution is -2.48. The van der Waals surface area contributed by atoms with Crippen LogP contribution in [0.15, 0.2) is 42.9 Å². The van der Waals surface area contributed by atoms with Crippen LogP contribution in [0.4, 0.5) is 16.4 Å². The van der Waals surface area contributed by atoms with E-state index in [4.69, 9.17) is 19.2 Å². The quantitative estimate of drug-likeness (QED) is 0.397. The van der Waals surface area contributed by atoms with Crippen LogP contribution in [0.5, 0.6) is 11.6 Å². The van der Waals surface area contributed by atoms with Crippen LogP contribution in [0.25, 0.3) is 11.0 Å². The SMILES string of the molecule is Cc1cc(Oc2cc(N3CCC4(CC3)OC(=O)Nc3ncccc34)ncn2)cc2[nH]c(C3CCCO3)nc12. The lowest BCUT2D eigenvalue weighted by atomic mass is 9.83. The standard InChI is InChI=1S/C27H27N7O4/c1-16-12-17(13-19-23(16)32-25(31-19)20-5-3-11-36-20)37-22-14-21(29-15-30-22)34-9-6-27(7-10-34)18-4-2-8-28-24(18)33-26(35)38-27/h2,4,8,12-15,20H,3,5-7,9-11H2,1H3,(H,31,32)(H,28,33,35). The number of fused-ring (bicyclic) bond motifs is 3. The van der Waals surface area contributed by atoms with Gasteiger partial charge in [0.15, 0.2) is 0 Å². The zero-order valence-corrected chi connectivity index (χ0v) is 20.9. The number of ether oxygens (including phenoxy) is 3. The molecule has 3 aliphatic heterocycles. The summed E-state index contributed by atoms with van der Waals surface area (Å²) in [6.45, 7) is 4.11. The molecule has 0 aliphatic carbocycles. The molecule has 4 aromatic rings. The third-order valence-electron chi connectivity index (χ3n) is 7.56. The van der Waals surface area contributed by atoms with Gasteiger partial charge in [-0.15, -0.1) is 0 Å². The molecule has 2 saturated heterocycles. The topological polar surface area (TPSA) is 127 Å². The summed E-state index contributed by atoms with van der Waals surface area (Å²) in [5.41, 5.74) is 3.07. The molecule has 11 nitrogen and oxygen atoms in total. The fourth-order valence-electron chi connectivity index (χ4n) is 5.66. The molecule has 0 radical (unpaired) electrons. The Hall–Kier alpha value is -4.25. The molecule has 0 saturated carbocycles. The van der Waals surface area contributed by atoms with Gasteiger partial charge in [-0.2, -0.15) is 0 Å². The second kappa shape index (κ2) is 8.95. The minimum absolute atomic E-state index is 0.0254. The average Bonchev–Trinajstić information content (AvgIpc) is 3.60. The number of anilines is 2. The highest BCUT2D eigenvalue weighted by atomic mass is 16.6. The molecule has 3 aromatic heterocycles. The van der Waals surface area contributed by atoms with E-state index in [0.717, 1.165) is 53.3 Å². The number of nitrogens with zero attached hydrogens (tertiary/aromatic N) is 5. The zero-order valence-electron chi connectivity index (χ0n) is 20.9. The van der Waals surface area contributed by atoms with Crippen molar-refractivity contribution in [3.8, 4) is 11.6 Å². The zero-order chi connectivity index (χ0) is 25.7. The maximum atomic E-state index is 12.2. The van der Waals surface area contributed by atoms with Gasteiger partial charge >= 0.3 is 6.09 Å². The fourth-order valence-corrected chi connectivity index (χ4v) is 5.66. The maximum absolute atomic E-state index is 12.2. The smallest absolute Gasteiger partial charge is 0.413 e. The number of carbonyl (C=O) groups excluding carboxylic acids is 1. The van der Waals surface area contributed by atoms with Crippen LogP contribution in [0, 0.1) is 6.92 Å². The first-order valence-corrected chi connectivity index (χ1v) is 12.9. The van der Waals surface area contributed by atoms with Crippen molar-refractivity contribution in [2.45, 2.75) is 44.3 Å². The Balaban J connectivity index is 1.09. The number of rotatable bonds is 4. The van der Waals surface area contributed by atoms with Crippen molar-refractivity contribution in [3.63, 3.8) is 0 Å². The summed E-state index contributed by atoms with van der Waals surface area (Å²) in [7, 11) is 0. The molecule has 194 valence electrons. The molecule has 38 heavy (non-hydrogen) atoms. The van der Waals surface area contributed by atoms with E-state index >= 15 is 0 Å².